The van der Waals surface area contributed by atoms with Crippen LogP contribution in [0.1, 0.15) is 42.5 Å². The third kappa shape index (κ3) is 5.81. The zero-order chi connectivity index (χ0) is 20.5. The summed E-state index contributed by atoms with van der Waals surface area (Å²) >= 11 is 0. The van der Waals surface area contributed by atoms with E-state index in [1.54, 1.807) is 19.2 Å². The first-order chi connectivity index (χ1) is 14.2. The van der Waals surface area contributed by atoms with Gasteiger partial charge in [0.2, 0.25) is 0 Å². The predicted octanol–water partition coefficient (Wildman–Crippen LogP) is 6.04. The average molecular weight is 394 g/mol. The van der Waals surface area contributed by atoms with Gasteiger partial charge >= 0.3 is 0 Å². The van der Waals surface area contributed by atoms with E-state index in [4.69, 9.17) is 9.47 Å². The van der Waals surface area contributed by atoms with Gasteiger partial charge in [-0.05, 0) is 35.7 Å². The van der Waals surface area contributed by atoms with Crippen molar-refractivity contribution >= 4 is 0 Å². The van der Waals surface area contributed by atoms with Crippen molar-refractivity contribution in [2.24, 2.45) is 0 Å². The minimum atomic E-state index is -0.251. The summed E-state index contributed by atoms with van der Waals surface area (Å²) in [4.78, 5) is 0. The normalized spacial score (nSPS) is 11.8. The molecule has 1 unspecified atom stereocenters. The van der Waals surface area contributed by atoms with Crippen LogP contribution in [0.3, 0.4) is 0 Å². The standard InChI is InChI=1S/C25H28FNO2/c1-3-8-23(20-9-5-4-6-10-20)27-17-21-11-7-12-24(28-2)25(21)29-18-19-13-15-22(26)16-14-19/h4-7,9-16,23,27H,3,8,17-18H2,1-2H3. The summed E-state index contributed by atoms with van der Waals surface area (Å²) in [6.07, 6.45) is 2.15. The van der Waals surface area contributed by atoms with E-state index in [2.05, 4.69) is 36.5 Å². The summed E-state index contributed by atoms with van der Waals surface area (Å²) in [6, 6.07) is 23.0. The molecule has 3 aromatic rings. The molecule has 1 N–H and O–H groups in total. The Labute approximate surface area is 172 Å². The summed E-state index contributed by atoms with van der Waals surface area (Å²) < 4.78 is 24.8. The Bertz CT molecular complexity index is 881. The highest BCUT2D eigenvalue weighted by Gasteiger charge is 2.14. The van der Waals surface area contributed by atoms with Crippen molar-refractivity contribution in [2.45, 2.75) is 39.0 Å². The summed E-state index contributed by atoms with van der Waals surface area (Å²) in [5, 5.41) is 3.67. The smallest absolute Gasteiger partial charge is 0.166 e. The fourth-order valence-electron chi connectivity index (χ4n) is 3.35. The van der Waals surface area contributed by atoms with Gasteiger partial charge < -0.3 is 14.8 Å². The second kappa shape index (κ2) is 10.6. The van der Waals surface area contributed by atoms with Gasteiger partial charge in [-0.2, -0.15) is 0 Å². The fourth-order valence-corrected chi connectivity index (χ4v) is 3.35. The van der Waals surface area contributed by atoms with Crippen LogP contribution in [0.4, 0.5) is 4.39 Å². The molecule has 0 heterocycles. The minimum absolute atomic E-state index is 0.251. The number of benzene rings is 3. The van der Waals surface area contributed by atoms with Gasteiger partial charge in [0.15, 0.2) is 11.5 Å². The topological polar surface area (TPSA) is 30.5 Å². The van der Waals surface area contributed by atoms with Crippen LogP contribution < -0.4 is 14.8 Å². The molecule has 0 aliphatic heterocycles. The zero-order valence-electron chi connectivity index (χ0n) is 17.0. The Morgan fingerprint density at radius 1 is 0.931 bits per heavy atom. The average Bonchev–Trinajstić information content (AvgIpc) is 2.77. The van der Waals surface area contributed by atoms with E-state index < -0.39 is 0 Å². The molecule has 3 rings (SSSR count). The van der Waals surface area contributed by atoms with Gasteiger partial charge in [0, 0.05) is 18.2 Å². The lowest BCUT2D eigenvalue weighted by atomic mass is 10.0. The molecule has 1 atom stereocenters. The van der Waals surface area contributed by atoms with E-state index in [1.807, 2.05) is 24.3 Å². The third-order valence-electron chi connectivity index (χ3n) is 4.90. The van der Waals surface area contributed by atoms with Crippen LogP contribution in [0.25, 0.3) is 0 Å². The number of ether oxygens (including phenoxy) is 2. The first-order valence-corrected chi connectivity index (χ1v) is 10.0. The van der Waals surface area contributed by atoms with Crippen molar-refractivity contribution in [3.8, 4) is 11.5 Å². The van der Waals surface area contributed by atoms with Crippen LogP contribution in [-0.2, 0) is 13.2 Å². The van der Waals surface area contributed by atoms with Gasteiger partial charge in [-0.3, -0.25) is 0 Å². The number of hydrogen-bond acceptors (Lipinski definition) is 3. The van der Waals surface area contributed by atoms with Gasteiger partial charge in [0.25, 0.3) is 0 Å². The Morgan fingerprint density at radius 2 is 1.69 bits per heavy atom. The molecular formula is C25H28FNO2. The van der Waals surface area contributed by atoms with Crippen molar-refractivity contribution in [2.75, 3.05) is 7.11 Å². The molecule has 0 aliphatic carbocycles. The molecule has 0 fully saturated rings. The van der Waals surface area contributed by atoms with E-state index in [9.17, 15) is 4.39 Å². The highest BCUT2D eigenvalue weighted by atomic mass is 19.1. The van der Waals surface area contributed by atoms with Crippen LogP contribution in [0.15, 0.2) is 72.8 Å². The number of nitrogens with one attached hydrogen (secondary N) is 1. The maximum Gasteiger partial charge on any atom is 0.166 e. The van der Waals surface area contributed by atoms with Crippen LogP contribution in [0, 0.1) is 5.82 Å². The van der Waals surface area contributed by atoms with Gasteiger partial charge in [-0.1, -0.05) is 67.9 Å². The predicted molar refractivity (Wildman–Crippen MR) is 115 cm³/mol. The van der Waals surface area contributed by atoms with Gasteiger partial charge in [0.05, 0.1) is 7.11 Å². The molecule has 3 nitrogen and oxygen atoms in total. The SMILES string of the molecule is CCCC(NCc1cccc(OC)c1OCc1ccc(F)cc1)c1ccccc1. The second-order valence-corrected chi connectivity index (χ2v) is 7.00. The van der Waals surface area contributed by atoms with Crippen LogP contribution in [0.5, 0.6) is 11.5 Å². The molecule has 0 bridgehead atoms. The Kier molecular flexibility index (Phi) is 7.65. The molecule has 152 valence electrons. The lowest BCUT2D eigenvalue weighted by Crippen LogP contribution is -2.21. The molecule has 29 heavy (non-hydrogen) atoms. The molecule has 4 heteroatoms. The maximum absolute atomic E-state index is 13.1. The van der Waals surface area contributed by atoms with E-state index >= 15 is 0 Å². The van der Waals surface area contributed by atoms with E-state index in [0.717, 1.165) is 29.7 Å². The van der Waals surface area contributed by atoms with Crippen molar-refractivity contribution in [1.82, 2.24) is 5.32 Å². The van der Waals surface area contributed by atoms with E-state index in [0.29, 0.717) is 18.9 Å². The molecule has 0 spiro atoms. The molecule has 0 aliphatic rings. The minimum Gasteiger partial charge on any atom is -0.493 e. The van der Waals surface area contributed by atoms with Crippen LogP contribution in [-0.4, -0.2) is 7.11 Å². The highest BCUT2D eigenvalue weighted by Crippen LogP contribution is 2.32. The second-order valence-electron chi connectivity index (χ2n) is 7.00. The first-order valence-electron chi connectivity index (χ1n) is 10.0. The van der Waals surface area contributed by atoms with E-state index in [1.165, 1.54) is 17.7 Å². The molecule has 0 amide bonds. The van der Waals surface area contributed by atoms with Crippen molar-refractivity contribution in [3.63, 3.8) is 0 Å². The van der Waals surface area contributed by atoms with Crippen molar-refractivity contribution < 1.29 is 13.9 Å². The molecule has 0 saturated heterocycles. The molecule has 0 aromatic heterocycles. The number of rotatable bonds is 10. The summed E-state index contributed by atoms with van der Waals surface area (Å²) in [5.41, 5.74) is 3.22. The Balaban J connectivity index is 1.75. The molecular weight excluding hydrogens is 365 g/mol. The molecule has 3 aromatic carbocycles. The lowest BCUT2D eigenvalue weighted by molar-refractivity contribution is 0.280. The summed E-state index contributed by atoms with van der Waals surface area (Å²) in [5.74, 6) is 1.16. The largest absolute Gasteiger partial charge is 0.493 e. The Hall–Kier alpha value is -2.85. The van der Waals surface area contributed by atoms with Crippen molar-refractivity contribution in [1.29, 1.82) is 0 Å². The first kappa shape index (κ1) is 20.9. The maximum atomic E-state index is 13.1. The third-order valence-corrected chi connectivity index (χ3v) is 4.90. The molecule has 0 radical (unpaired) electrons. The fraction of sp³-hybridized carbons (Fsp3) is 0.280. The quantitative estimate of drug-likeness (QED) is 0.455. The molecule has 0 saturated carbocycles. The van der Waals surface area contributed by atoms with Gasteiger partial charge in [0.1, 0.15) is 12.4 Å². The van der Waals surface area contributed by atoms with E-state index in [-0.39, 0.29) is 11.9 Å². The number of para-hydroxylation sites is 1. The summed E-state index contributed by atoms with van der Waals surface area (Å²) in [7, 11) is 1.64. The van der Waals surface area contributed by atoms with Crippen LogP contribution >= 0.6 is 0 Å². The zero-order valence-corrected chi connectivity index (χ0v) is 17.0. The summed E-state index contributed by atoms with van der Waals surface area (Å²) in [6.45, 7) is 3.21. The number of hydrogen-bond donors (Lipinski definition) is 1. The highest BCUT2D eigenvalue weighted by molar-refractivity contribution is 5.46. The Morgan fingerprint density at radius 3 is 2.38 bits per heavy atom. The number of halogens is 1. The van der Waals surface area contributed by atoms with Gasteiger partial charge in [-0.25, -0.2) is 4.39 Å². The van der Waals surface area contributed by atoms with Crippen LogP contribution in [0.2, 0.25) is 0 Å². The van der Waals surface area contributed by atoms with Crippen molar-refractivity contribution in [3.05, 3.63) is 95.3 Å². The monoisotopic (exact) mass is 393 g/mol. The van der Waals surface area contributed by atoms with Gasteiger partial charge in [-0.15, -0.1) is 0 Å². The lowest BCUT2D eigenvalue weighted by Gasteiger charge is -2.21. The number of methoxy groups -OCH3 is 1.